The molecule has 0 atom stereocenters. The largest absolute Gasteiger partial charge is 0.351 e. The fourth-order valence-electron chi connectivity index (χ4n) is 2.58. The molecule has 21 heavy (non-hydrogen) atoms. The van der Waals surface area contributed by atoms with Crippen molar-refractivity contribution in [1.29, 1.82) is 0 Å². The molecule has 0 aliphatic heterocycles. The molecule has 1 aliphatic rings. The molecule has 3 rings (SSSR count). The molecule has 5 nitrogen and oxygen atoms in total. The average molecular weight is 303 g/mol. The number of aromatic amines is 1. The Kier molecular flexibility index (Phi) is 3.88. The van der Waals surface area contributed by atoms with E-state index in [-0.39, 0.29) is 17.0 Å². The first-order valence-electron chi connectivity index (χ1n) is 7.08. The highest BCUT2D eigenvalue weighted by Gasteiger charge is 2.17. The third kappa shape index (κ3) is 3.05. The normalized spacial score (nSPS) is 13.2. The van der Waals surface area contributed by atoms with Gasteiger partial charge in [0.2, 0.25) is 0 Å². The zero-order valence-electron chi connectivity index (χ0n) is 11.9. The number of fused-ring (bicyclic) bond motifs is 1. The highest BCUT2D eigenvalue weighted by Crippen LogP contribution is 2.18. The standard InChI is InChI=1S/C15H17N3O2S/c1-9-8-21-13(17-9)5-6-16-14(19)11-7-10-3-2-4-12(10)18-15(11)20/h7-8H,2-6H2,1H3,(H,16,19)(H,18,20). The van der Waals surface area contributed by atoms with Gasteiger partial charge in [0.15, 0.2) is 0 Å². The summed E-state index contributed by atoms with van der Waals surface area (Å²) >= 11 is 1.59. The van der Waals surface area contributed by atoms with Gasteiger partial charge < -0.3 is 10.3 Å². The lowest BCUT2D eigenvalue weighted by atomic mass is 10.1. The number of aromatic nitrogens is 2. The van der Waals surface area contributed by atoms with Crippen molar-refractivity contribution in [2.45, 2.75) is 32.6 Å². The number of hydrogen-bond acceptors (Lipinski definition) is 4. The van der Waals surface area contributed by atoms with Gasteiger partial charge in [-0.15, -0.1) is 11.3 Å². The molecule has 0 radical (unpaired) electrons. The van der Waals surface area contributed by atoms with Crippen LogP contribution in [-0.4, -0.2) is 22.4 Å². The molecule has 0 saturated heterocycles. The lowest BCUT2D eigenvalue weighted by molar-refractivity contribution is 0.0952. The third-order valence-corrected chi connectivity index (χ3v) is 4.65. The maximum absolute atomic E-state index is 12.1. The van der Waals surface area contributed by atoms with Crippen LogP contribution in [0.1, 0.15) is 38.7 Å². The van der Waals surface area contributed by atoms with Crippen LogP contribution in [0.15, 0.2) is 16.2 Å². The highest BCUT2D eigenvalue weighted by atomic mass is 32.1. The number of carbonyl (C=O) groups excluding carboxylic acids is 1. The molecule has 1 amide bonds. The molecule has 6 heteroatoms. The van der Waals surface area contributed by atoms with Crippen LogP contribution < -0.4 is 10.9 Å². The van der Waals surface area contributed by atoms with Crippen molar-refractivity contribution in [2.75, 3.05) is 6.54 Å². The van der Waals surface area contributed by atoms with Gasteiger partial charge in [0.25, 0.3) is 11.5 Å². The molecule has 2 N–H and O–H groups in total. The van der Waals surface area contributed by atoms with E-state index in [4.69, 9.17) is 0 Å². The molecule has 1 aliphatic carbocycles. The highest BCUT2D eigenvalue weighted by molar-refractivity contribution is 7.09. The van der Waals surface area contributed by atoms with E-state index in [1.807, 2.05) is 12.3 Å². The minimum Gasteiger partial charge on any atom is -0.351 e. The van der Waals surface area contributed by atoms with Crippen LogP contribution in [0.4, 0.5) is 0 Å². The molecule has 0 spiro atoms. The van der Waals surface area contributed by atoms with Crippen molar-refractivity contribution in [3.63, 3.8) is 0 Å². The first kappa shape index (κ1) is 14.0. The number of rotatable bonds is 4. The van der Waals surface area contributed by atoms with Crippen LogP contribution in [0.3, 0.4) is 0 Å². The lowest BCUT2D eigenvalue weighted by Gasteiger charge is -2.05. The molecule has 0 fully saturated rings. The summed E-state index contributed by atoms with van der Waals surface area (Å²) in [6, 6.07) is 1.74. The fraction of sp³-hybridized carbons (Fsp3) is 0.400. The third-order valence-electron chi connectivity index (χ3n) is 3.62. The van der Waals surface area contributed by atoms with Crippen molar-refractivity contribution in [3.05, 3.63) is 49.3 Å². The van der Waals surface area contributed by atoms with Crippen molar-refractivity contribution < 1.29 is 4.79 Å². The molecule has 2 aromatic heterocycles. The van der Waals surface area contributed by atoms with Crippen molar-refractivity contribution in [2.24, 2.45) is 0 Å². The molecule has 0 saturated carbocycles. The van der Waals surface area contributed by atoms with E-state index in [1.165, 1.54) is 0 Å². The Morgan fingerprint density at radius 1 is 1.48 bits per heavy atom. The van der Waals surface area contributed by atoms with Gasteiger partial charge in [0, 0.05) is 29.7 Å². The second-order valence-electron chi connectivity index (χ2n) is 5.26. The summed E-state index contributed by atoms with van der Waals surface area (Å²) in [7, 11) is 0. The number of hydrogen-bond donors (Lipinski definition) is 2. The molecule has 0 unspecified atom stereocenters. The predicted octanol–water partition coefficient (Wildman–Crippen LogP) is 1.60. The van der Waals surface area contributed by atoms with Crippen molar-refractivity contribution in [3.8, 4) is 0 Å². The number of nitrogens with one attached hydrogen (secondary N) is 2. The van der Waals surface area contributed by atoms with Crippen LogP contribution in [-0.2, 0) is 19.3 Å². The second kappa shape index (κ2) is 5.81. The minimum absolute atomic E-state index is 0.214. The van der Waals surface area contributed by atoms with Gasteiger partial charge in [-0.1, -0.05) is 0 Å². The monoisotopic (exact) mass is 303 g/mol. The Hall–Kier alpha value is -1.95. The van der Waals surface area contributed by atoms with Crippen molar-refractivity contribution >= 4 is 17.2 Å². The van der Waals surface area contributed by atoms with E-state index in [0.29, 0.717) is 13.0 Å². The van der Waals surface area contributed by atoms with E-state index in [0.717, 1.165) is 41.2 Å². The van der Waals surface area contributed by atoms with E-state index < -0.39 is 0 Å². The molecule has 2 heterocycles. The van der Waals surface area contributed by atoms with E-state index in [9.17, 15) is 9.59 Å². The number of thiazole rings is 1. The van der Waals surface area contributed by atoms with Gasteiger partial charge in [-0.25, -0.2) is 4.98 Å². The zero-order valence-corrected chi connectivity index (χ0v) is 12.7. The average Bonchev–Trinajstić information content (AvgIpc) is 3.06. The number of pyridine rings is 1. The van der Waals surface area contributed by atoms with Gasteiger partial charge in [0.1, 0.15) is 5.56 Å². The minimum atomic E-state index is -0.306. The number of amides is 1. The zero-order chi connectivity index (χ0) is 14.8. The first-order chi connectivity index (χ1) is 10.1. The summed E-state index contributed by atoms with van der Waals surface area (Å²) in [4.78, 5) is 31.2. The summed E-state index contributed by atoms with van der Waals surface area (Å²) in [6.45, 7) is 2.44. The van der Waals surface area contributed by atoms with E-state index >= 15 is 0 Å². The Morgan fingerprint density at radius 3 is 3.10 bits per heavy atom. The maximum Gasteiger partial charge on any atom is 0.261 e. The number of H-pyrrole nitrogens is 1. The van der Waals surface area contributed by atoms with Gasteiger partial charge >= 0.3 is 0 Å². The van der Waals surface area contributed by atoms with Crippen LogP contribution in [0.2, 0.25) is 0 Å². The predicted molar refractivity (Wildman–Crippen MR) is 82.0 cm³/mol. The van der Waals surface area contributed by atoms with Gasteiger partial charge in [-0.3, -0.25) is 9.59 Å². The Morgan fingerprint density at radius 2 is 2.33 bits per heavy atom. The summed E-state index contributed by atoms with van der Waals surface area (Å²) in [6.07, 6.45) is 3.56. The molecule has 0 aromatic carbocycles. The van der Waals surface area contributed by atoms with Crippen LogP contribution in [0.25, 0.3) is 0 Å². The lowest BCUT2D eigenvalue weighted by Crippen LogP contribution is -2.31. The van der Waals surface area contributed by atoms with Gasteiger partial charge in [0.05, 0.1) is 5.01 Å². The summed E-state index contributed by atoms with van der Waals surface area (Å²) in [5.41, 5.74) is 2.99. The topological polar surface area (TPSA) is 74.8 Å². The molecular formula is C15H17N3O2S. The quantitative estimate of drug-likeness (QED) is 0.901. The van der Waals surface area contributed by atoms with E-state index in [2.05, 4.69) is 15.3 Å². The molecule has 2 aromatic rings. The summed E-state index contributed by atoms with van der Waals surface area (Å²) in [5, 5.41) is 5.78. The number of nitrogens with zero attached hydrogens (tertiary/aromatic N) is 1. The van der Waals surface area contributed by atoms with Gasteiger partial charge in [-0.05, 0) is 37.8 Å². The Balaban J connectivity index is 1.64. The Bertz CT molecular complexity index is 733. The van der Waals surface area contributed by atoms with Crippen LogP contribution in [0, 0.1) is 6.92 Å². The maximum atomic E-state index is 12.1. The first-order valence-corrected chi connectivity index (χ1v) is 7.96. The molecule has 0 bridgehead atoms. The number of aryl methyl sites for hydroxylation is 3. The second-order valence-corrected chi connectivity index (χ2v) is 6.20. The summed E-state index contributed by atoms with van der Waals surface area (Å²) in [5.74, 6) is -0.306. The van der Waals surface area contributed by atoms with Gasteiger partial charge in [-0.2, -0.15) is 0 Å². The molecule has 110 valence electrons. The SMILES string of the molecule is Cc1csc(CCNC(=O)c2cc3c([nH]c2=O)CCC3)n1. The molecular weight excluding hydrogens is 286 g/mol. The number of carbonyl (C=O) groups is 1. The van der Waals surface area contributed by atoms with Crippen molar-refractivity contribution in [1.82, 2.24) is 15.3 Å². The van der Waals surface area contributed by atoms with Crippen LogP contribution in [0.5, 0.6) is 0 Å². The fourth-order valence-corrected chi connectivity index (χ4v) is 3.35. The van der Waals surface area contributed by atoms with E-state index in [1.54, 1.807) is 17.4 Å². The summed E-state index contributed by atoms with van der Waals surface area (Å²) < 4.78 is 0. The Labute approximate surface area is 126 Å². The smallest absolute Gasteiger partial charge is 0.261 e. The van der Waals surface area contributed by atoms with Crippen LogP contribution >= 0.6 is 11.3 Å².